The van der Waals surface area contributed by atoms with Gasteiger partial charge in [-0.05, 0) is 61.2 Å². The van der Waals surface area contributed by atoms with Crippen molar-refractivity contribution in [3.63, 3.8) is 0 Å². The Morgan fingerprint density at radius 3 is 2.48 bits per heavy atom. The third-order valence-electron chi connectivity index (χ3n) is 3.91. The van der Waals surface area contributed by atoms with E-state index in [9.17, 15) is 9.59 Å². The molecule has 5 nitrogen and oxygen atoms in total. The van der Waals surface area contributed by atoms with E-state index in [0.717, 1.165) is 10.5 Å². The van der Waals surface area contributed by atoms with Crippen LogP contribution < -0.4 is 10.6 Å². The summed E-state index contributed by atoms with van der Waals surface area (Å²) in [4.78, 5) is 26.0. The average Bonchev–Trinajstić information content (AvgIpc) is 3.19. The van der Waals surface area contributed by atoms with E-state index >= 15 is 0 Å². The number of furan rings is 1. The van der Waals surface area contributed by atoms with Crippen LogP contribution in [0.5, 0.6) is 0 Å². The lowest BCUT2D eigenvalue weighted by atomic mass is 10.1. The predicted octanol–water partition coefficient (Wildman–Crippen LogP) is 5.47. The van der Waals surface area contributed by atoms with E-state index < -0.39 is 5.91 Å². The molecule has 0 aliphatic heterocycles. The van der Waals surface area contributed by atoms with E-state index in [4.69, 9.17) is 16.0 Å². The highest BCUT2D eigenvalue weighted by atomic mass is 35.5. The summed E-state index contributed by atoms with van der Waals surface area (Å²) in [6, 6.07) is 13.7. The molecule has 3 rings (SSSR count). The molecule has 27 heavy (non-hydrogen) atoms. The minimum atomic E-state index is -0.432. The normalized spacial score (nSPS) is 10.5. The topological polar surface area (TPSA) is 71.3 Å². The zero-order valence-corrected chi connectivity index (χ0v) is 16.3. The fourth-order valence-electron chi connectivity index (χ4n) is 2.48. The average molecular weight is 401 g/mol. The zero-order chi connectivity index (χ0) is 19.4. The number of thioether (sulfide) groups is 1. The molecule has 7 heteroatoms. The number of nitrogens with one attached hydrogen (secondary N) is 2. The van der Waals surface area contributed by atoms with Crippen LogP contribution in [0, 0.1) is 6.92 Å². The Balaban J connectivity index is 1.86. The SMILES string of the molecule is CSc1ccc(C)c(C(=O)Nc2ccc(Cl)cc2NC(=O)c2ccco2)c1. The number of aryl methyl sites for hydroxylation is 1. The molecule has 2 amide bonds. The lowest BCUT2D eigenvalue weighted by molar-refractivity contribution is 0.0993. The Hall–Kier alpha value is -2.70. The van der Waals surface area contributed by atoms with E-state index in [0.29, 0.717) is 22.0 Å². The van der Waals surface area contributed by atoms with Crippen LogP contribution in [-0.4, -0.2) is 18.1 Å². The van der Waals surface area contributed by atoms with Crippen LogP contribution in [0.1, 0.15) is 26.5 Å². The maximum absolute atomic E-state index is 12.8. The Morgan fingerprint density at radius 1 is 1.00 bits per heavy atom. The van der Waals surface area contributed by atoms with E-state index in [-0.39, 0.29) is 11.7 Å². The summed E-state index contributed by atoms with van der Waals surface area (Å²) in [6.45, 7) is 1.88. The van der Waals surface area contributed by atoms with Gasteiger partial charge < -0.3 is 15.1 Å². The fraction of sp³-hybridized carbons (Fsp3) is 0.100. The van der Waals surface area contributed by atoms with E-state index in [1.165, 1.54) is 6.26 Å². The summed E-state index contributed by atoms with van der Waals surface area (Å²) >= 11 is 7.62. The highest BCUT2D eigenvalue weighted by Gasteiger charge is 2.16. The van der Waals surface area contributed by atoms with Crippen molar-refractivity contribution in [1.29, 1.82) is 0 Å². The van der Waals surface area contributed by atoms with Crippen molar-refractivity contribution in [2.75, 3.05) is 16.9 Å². The third kappa shape index (κ3) is 4.53. The second kappa shape index (κ2) is 8.33. The van der Waals surface area contributed by atoms with Gasteiger partial charge >= 0.3 is 0 Å². The lowest BCUT2D eigenvalue weighted by Gasteiger charge is -2.14. The highest BCUT2D eigenvalue weighted by molar-refractivity contribution is 7.98. The summed E-state index contributed by atoms with van der Waals surface area (Å²) in [5.41, 5.74) is 2.26. The molecule has 1 heterocycles. The minimum absolute atomic E-state index is 0.163. The first kappa shape index (κ1) is 19.1. The summed E-state index contributed by atoms with van der Waals surface area (Å²) in [6.07, 6.45) is 3.37. The number of amides is 2. The molecule has 0 radical (unpaired) electrons. The van der Waals surface area contributed by atoms with Crippen LogP contribution in [0.15, 0.2) is 64.1 Å². The molecular formula is C20H17ClN2O3S. The molecule has 0 fully saturated rings. The molecule has 0 saturated heterocycles. The summed E-state index contributed by atoms with van der Waals surface area (Å²) in [5, 5.41) is 5.99. The second-order valence-electron chi connectivity index (χ2n) is 5.76. The molecular weight excluding hydrogens is 384 g/mol. The van der Waals surface area contributed by atoms with Crippen molar-refractivity contribution in [2.24, 2.45) is 0 Å². The first-order chi connectivity index (χ1) is 13.0. The molecule has 0 bridgehead atoms. The number of anilines is 2. The van der Waals surface area contributed by atoms with Crippen molar-refractivity contribution >= 4 is 46.6 Å². The fourth-order valence-corrected chi connectivity index (χ4v) is 3.09. The molecule has 0 unspecified atom stereocenters. The van der Waals surface area contributed by atoms with Gasteiger partial charge in [0.15, 0.2) is 5.76 Å². The number of rotatable bonds is 5. The Morgan fingerprint density at radius 2 is 1.78 bits per heavy atom. The molecule has 2 aromatic carbocycles. The minimum Gasteiger partial charge on any atom is -0.459 e. The smallest absolute Gasteiger partial charge is 0.291 e. The molecule has 3 aromatic rings. The molecule has 138 valence electrons. The number of carbonyl (C=O) groups is 2. The first-order valence-electron chi connectivity index (χ1n) is 8.08. The number of carbonyl (C=O) groups excluding carboxylic acids is 2. The predicted molar refractivity (Wildman–Crippen MR) is 109 cm³/mol. The van der Waals surface area contributed by atoms with Crippen LogP contribution in [0.4, 0.5) is 11.4 Å². The summed E-state index contributed by atoms with van der Waals surface area (Å²) < 4.78 is 5.09. The molecule has 0 aliphatic carbocycles. The van der Waals surface area contributed by atoms with Crippen molar-refractivity contribution in [1.82, 2.24) is 0 Å². The van der Waals surface area contributed by atoms with Crippen LogP contribution in [-0.2, 0) is 0 Å². The van der Waals surface area contributed by atoms with Gasteiger partial charge in [0.2, 0.25) is 0 Å². The van der Waals surface area contributed by atoms with Gasteiger partial charge in [-0.3, -0.25) is 9.59 Å². The van der Waals surface area contributed by atoms with Crippen LogP contribution in [0.2, 0.25) is 5.02 Å². The summed E-state index contributed by atoms with van der Waals surface area (Å²) in [5.74, 6) is -0.534. The third-order valence-corrected chi connectivity index (χ3v) is 4.87. The van der Waals surface area contributed by atoms with Gasteiger partial charge in [-0.1, -0.05) is 17.7 Å². The van der Waals surface area contributed by atoms with Gasteiger partial charge in [0.05, 0.1) is 17.6 Å². The van der Waals surface area contributed by atoms with Gasteiger partial charge in [0.25, 0.3) is 11.8 Å². The number of hydrogen-bond acceptors (Lipinski definition) is 4. The van der Waals surface area contributed by atoms with Gasteiger partial charge in [-0.25, -0.2) is 0 Å². The van der Waals surface area contributed by atoms with Crippen molar-refractivity contribution in [3.8, 4) is 0 Å². The molecule has 0 spiro atoms. The second-order valence-corrected chi connectivity index (χ2v) is 7.07. The largest absolute Gasteiger partial charge is 0.459 e. The molecule has 1 aromatic heterocycles. The number of halogens is 1. The molecule has 0 aliphatic rings. The Bertz CT molecular complexity index is 987. The maximum atomic E-state index is 12.8. The maximum Gasteiger partial charge on any atom is 0.291 e. The van der Waals surface area contributed by atoms with Gasteiger partial charge in [-0.15, -0.1) is 11.8 Å². The Labute approximate surface area is 166 Å². The van der Waals surface area contributed by atoms with Crippen LogP contribution in [0.3, 0.4) is 0 Å². The number of benzene rings is 2. The lowest BCUT2D eigenvalue weighted by Crippen LogP contribution is -2.17. The number of hydrogen-bond donors (Lipinski definition) is 2. The van der Waals surface area contributed by atoms with Gasteiger partial charge in [0.1, 0.15) is 0 Å². The molecule has 2 N–H and O–H groups in total. The standard InChI is InChI=1S/C20H17ClN2O3S/c1-12-5-7-14(27-2)11-15(12)19(24)22-16-8-6-13(21)10-17(16)23-20(25)18-4-3-9-26-18/h3-11H,1-2H3,(H,22,24)(H,23,25). The van der Waals surface area contributed by atoms with Crippen molar-refractivity contribution in [2.45, 2.75) is 11.8 Å². The van der Waals surface area contributed by atoms with E-state index in [1.54, 1.807) is 42.1 Å². The summed E-state index contributed by atoms with van der Waals surface area (Å²) in [7, 11) is 0. The van der Waals surface area contributed by atoms with E-state index in [1.807, 2.05) is 31.4 Å². The van der Waals surface area contributed by atoms with Crippen LogP contribution in [0.25, 0.3) is 0 Å². The quantitative estimate of drug-likeness (QED) is 0.557. The monoisotopic (exact) mass is 400 g/mol. The van der Waals surface area contributed by atoms with Crippen LogP contribution >= 0.6 is 23.4 Å². The van der Waals surface area contributed by atoms with Gasteiger partial charge in [-0.2, -0.15) is 0 Å². The van der Waals surface area contributed by atoms with E-state index in [2.05, 4.69) is 10.6 Å². The van der Waals surface area contributed by atoms with Gasteiger partial charge in [0, 0.05) is 15.5 Å². The van der Waals surface area contributed by atoms with Crippen molar-refractivity contribution in [3.05, 3.63) is 76.7 Å². The molecule has 0 atom stereocenters. The molecule has 0 saturated carbocycles. The zero-order valence-electron chi connectivity index (χ0n) is 14.7. The highest BCUT2D eigenvalue weighted by Crippen LogP contribution is 2.28. The van der Waals surface area contributed by atoms with Crippen molar-refractivity contribution < 1.29 is 14.0 Å². The Kier molecular flexibility index (Phi) is 5.88. The first-order valence-corrected chi connectivity index (χ1v) is 9.68.